The molecule has 2 aromatic rings. The molecular formula is C21H27ClN2. The second kappa shape index (κ2) is 10.9. The average molecular weight is 343 g/mol. The van der Waals surface area contributed by atoms with Crippen LogP contribution in [0.1, 0.15) is 44.6 Å². The largest absolute Gasteiger partial charge is 1.00 e. The zero-order valence-electron chi connectivity index (χ0n) is 14.6. The number of nitrogens with two attached hydrogens (primary N) is 1. The van der Waals surface area contributed by atoms with Crippen molar-refractivity contribution in [1.29, 1.82) is 5.26 Å². The molecule has 0 aromatic heterocycles. The lowest BCUT2D eigenvalue weighted by Gasteiger charge is -2.15. The Morgan fingerprint density at radius 1 is 0.958 bits per heavy atom. The monoisotopic (exact) mass is 342 g/mol. The molecule has 2 N–H and O–H groups in total. The van der Waals surface area contributed by atoms with Gasteiger partial charge in [0.05, 0.1) is 24.6 Å². The van der Waals surface area contributed by atoms with Gasteiger partial charge in [0.2, 0.25) is 0 Å². The molecule has 2 rings (SSSR count). The zero-order valence-corrected chi connectivity index (χ0v) is 15.3. The summed E-state index contributed by atoms with van der Waals surface area (Å²) in [5, 5.41) is 12.0. The number of nitrogens with zero attached hydrogens (tertiary/aromatic N) is 1. The smallest absolute Gasteiger partial charge is 0.0802 e. The molecule has 0 spiro atoms. The van der Waals surface area contributed by atoms with Gasteiger partial charge in [-0.2, -0.15) is 5.26 Å². The summed E-state index contributed by atoms with van der Waals surface area (Å²) in [6, 6.07) is 21.9. The van der Waals surface area contributed by atoms with Crippen molar-refractivity contribution in [2.24, 2.45) is 0 Å². The number of benzene rings is 2. The summed E-state index contributed by atoms with van der Waals surface area (Å²) < 4.78 is 0. The third kappa shape index (κ3) is 6.00. The highest BCUT2D eigenvalue weighted by molar-refractivity contribution is 5.68. The fourth-order valence-electron chi connectivity index (χ4n) is 2.92. The van der Waals surface area contributed by atoms with Gasteiger partial charge in [0.1, 0.15) is 0 Å². The van der Waals surface area contributed by atoms with E-state index in [0.717, 1.165) is 24.9 Å². The lowest BCUT2D eigenvalue weighted by atomic mass is 9.88. The predicted octanol–water partition coefficient (Wildman–Crippen LogP) is 1.11. The van der Waals surface area contributed by atoms with E-state index in [9.17, 15) is 5.26 Å². The molecule has 128 valence electrons. The van der Waals surface area contributed by atoms with Gasteiger partial charge in [-0.15, -0.1) is 0 Å². The van der Waals surface area contributed by atoms with Crippen molar-refractivity contribution in [3.05, 3.63) is 60.2 Å². The number of rotatable bonds is 8. The van der Waals surface area contributed by atoms with E-state index >= 15 is 0 Å². The molecule has 0 bridgehead atoms. The van der Waals surface area contributed by atoms with E-state index in [1.54, 1.807) is 0 Å². The van der Waals surface area contributed by atoms with Crippen LogP contribution in [0.4, 0.5) is 0 Å². The number of unbranched alkanes of at least 4 members (excludes halogenated alkanes) is 1. The fraction of sp³-hybridized carbons (Fsp3) is 0.381. The van der Waals surface area contributed by atoms with Gasteiger partial charge in [-0.05, 0) is 49.8 Å². The third-order valence-electron chi connectivity index (χ3n) is 4.16. The van der Waals surface area contributed by atoms with E-state index in [1.165, 1.54) is 17.5 Å². The summed E-state index contributed by atoms with van der Waals surface area (Å²) >= 11 is 0. The first kappa shape index (κ1) is 20.2. The highest BCUT2D eigenvalue weighted by Gasteiger charge is 2.15. The molecule has 0 saturated heterocycles. The van der Waals surface area contributed by atoms with E-state index in [-0.39, 0.29) is 18.3 Å². The summed E-state index contributed by atoms with van der Waals surface area (Å²) in [6.45, 7) is 5.58. The molecule has 0 aliphatic carbocycles. The van der Waals surface area contributed by atoms with E-state index in [2.05, 4.69) is 67.7 Å². The molecule has 2 aromatic carbocycles. The number of hydrogen-bond donors (Lipinski definition) is 1. The molecular weight excluding hydrogens is 316 g/mol. The molecule has 0 saturated carbocycles. The Morgan fingerprint density at radius 2 is 1.62 bits per heavy atom. The lowest BCUT2D eigenvalue weighted by molar-refractivity contribution is -0.683. The van der Waals surface area contributed by atoms with Crippen LogP contribution in [0.2, 0.25) is 0 Å². The van der Waals surface area contributed by atoms with Gasteiger partial charge >= 0.3 is 0 Å². The first-order chi connectivity index (χ1) is 11.2. The lowest BCUT2D eigenvalue weighted by Crippen LogP contribution is -3.00. The summed E-state index contributed by atoms with van der Waals surface area (Å²) in [5.41, 5.74) is 3.54. The molecule has 2 nitrogen and oxygen atoms in total. The SMILES string of the molecule is CC(C)[NH2+]CCCCC(C#N)c1ccccc1-c1ccccc1.[Cl-]. The Labute approximate surface area is 152 Å². The van der Waals surface area contributed by atoms with E-state index in [0.29, 0.717) is 6.04 Å². The van der Waals surface area contributed by atoms with E-state index in [4.69, 9.17) is 0 Å². The molecule has 0 radical (unpaired) electrons. The van der Waals surface area contributed by atoms with Gasteiger partial charge in [0.15, 0.2) is 0 Å². The number of nitriles is 1. The molecule has 1 unspecified atom stereocenters. The molecule has 0 fully saturated rings. The zero-order chi connectivity index (χ0) is 16.5. The Morgan fingerprint density at radius 3 is 2.29 bits per heavy atom. The molecule has 24 heavy (non-hydrogen) atoms. The average Bonchev–Trinajstić information content (AvgIpc) is 2.59. The summed E-state index contributed by atoms with van der Waals surface area (Å²) in [7, 11) is 0. The Hall–Kier alpha value is -1.82. The molecule has 3 heteroatoms. The van der Waals surface area contributed by atoms with Gasteiger partial charge in [0.25, 0.3) is 0 Å². The molecule has 0 heterocycles. The molecule has 0 aliphatic heterocycles. The van der Waals surface area contributed by atoms with Crippen molar-refractivity contribution in [2.75, 3.05) is 6.54 Å². The maximum Gasteiger partial charge on any atom is 0.0802 e. The number of halogens is 1. The molecule has 1 atom stereocenters. The Bertz CT molecular complexity index is 632. The van der Waals surface area contributed by atoms with Crippen molar-refractivity contribution < 1.29 is 17.7 Å². The topological polar surface area (TPSA) is 40.4 Å². The first-order valence-corrected chi connectivity index (χ1v) is 8.59. The van der Waals surface area contributed by atoms with E-state index in [1.807, 2.05) is 12.1 Å². The Balaban J connectivity index is 0.00000288. The van der Waals surface area contributed by atoms with Crippen molar-refractivity contribution >= 4 is 0 Å². The number of hydrogen-bond acceptors (Lipinski definition) is 1. The highest BCUT2D eigenvalue weighted by Crippen LogP contribution is 2.31. The number of quaternary nitrogens is 1. The van der Waals surface area contributed by atoms with Crippen molar-refractivity contribution in [3.63, 3.8) is 0 Å². The molecule has 0 aliphatic rings. The predicted molar refractivity (Wildman–Crippen MR) is 96.0 cm³/mol. The van der Waals surface area contributed by atoms with Gasteiger partial charge in [-0.3, -0.25) is 0 Å². The summed E-state index contributed by atoms with van der Waals surface area (Å²) in [4.78, 5) is 0. The van der Waals surface area contributed by atoms with Gasteiger partial charge < -0.3 is 17.7 Å². The van der Waals surface area contributed by atoms with Crippen molar-refractivity contribution in [3.8, 4) is 17.2 Å². The van der Waals surface area contributed by atoms with Gasteiger partial charge in [-0.25, -0.2) is 0 Å². The van der Waals surface area contributed by atoms with Crippen molar-refractivity contribution in [1.82, 2.24) is 0 Å². The standard InChI is InChI=1S/C21H26N2.ClH/c1-17(2)23-15-9-8-12-19(16-22)21-14-7-6-13-20(21)18-10-4-3-5-11-18;/h3-7,10-11,13-14,17,19,23H,8-9,12,15H2,1-2H3;1H. The van der Waals surface area contributed by atoms with E-state index < -0.39 is 0 Å². The minimum absolute atomic E-state index is 0. The summed E-state index contributed by atoms with van der Waals surface area (Å²) in [5.74, 6) is -0.0227. The minimum Gasteiger partial charge on any atom is -1.00 e. The van der Waals surface area contributed by atoms with Crippen LogP contribution in [0.3, 0.4) is 0 Å². The van der Waals surface area contributed by atoms with Crippen LogP contribution < -0.4 is 17.7 Å². The van der Waals surface area contributed by atoms with Crippen LogP contribution in [0.5, 0.6) is 0 Å². The second-order valence-corrected chi connectivity index (χ2v) is 6.40. The maximum atomic E-state index is 9.64. The van der Waals surface area contributed by atoms with Crippen LogP contribution >= 0.6 is 0 Å². The maximum absolute atomic E-state index is 9.64. The second-order valence-electron chi connectivity index (χ2n) is 6.40. The van der Waals surface area contributed by atoms with Crippen LogP contribution in [-0.4, -0.2) is 12.6 Å². The van der Waals surface area contributed by atoms with Crippen LogP contribution in [0.25, 0.3) is 11.1 Å². The van der Waals surface area contributed by atoms with Gasteiger partial charge in [0, 0.05) is 0 Å². The van der Waals surface area contributed by atoms with Gasteiger partial charge in [-0.1, -0.05) is 54.6 Å². The molecule has 0 amide bonds. The van der Waals surface area contributed by atoms with Crippen LogP contribution in [-0.2, 0) is 0 Å². The van der Waals surface area contributed by atoms with Crippen LogP contribution in [0, 0.1) is 11.3 Å². The van der Waals surface area contributed by atoms with Crippen LogP contribution in [0.15, 0.2) is 54.6 Å². The third-order valence-corrected chi connectivity index (χ3v) is 4.16. The minimum atomic E-state index is -0.0227. The first-order valence-electron chi connectivity index (χ1n) is 8.59. The highest BCUT2D eigenvalue weighted by atomic mass is 35.5. The Kier molecular flexibility index (Phi) is 9.15. The summed E-state index contributed by atoms with van der Waals surface area (Å²) in [6.07, 6.45) is 3.21. The quantitative estimate of drug-likeness (QED) is 0.717. The van der Waals surface area contributed by atoms with Crippen molar-refractivity contribution in [2.45, 2.75) is 45.1 Å². The fourth-order valence-corrected chi connectivity index (χ4v) is 2.92. The normalized spacial score (nSPS) is 11.6.